The molecule has 2 heterocycles. The van der Waals surface area contributed by atoms with Crippen molar-refractivity contribution in [2.45, 2.75) is 32.3 Å². The molecule has 0 bridgehead atoms. The van der Waals surface area contributed by atoms with E-state index in [0.29, 0.717) is 19.1 Å². The fourth-order valence-electron chi connectivity index (χ4n) is 1.85. The predicted octanol–water partition coefficient (Wildman–Crippen LogP) is 1.66. The molecular weight excluding hydrogens is 226 g/mol. The highest BCUT2D eigenvalue weighted by Crippen LogP contribution is 2.32. The second-order valence-corrected chi connectivity index (χ2v) is 4.00. The molecular formula is C11H15NO5. The van der Waals surface area contributed by atoms with Crippen LogP contribution in [0.15, 0.2) is 4.42 Å². The number of rotatable bonds is 4. The average Bonchev–Trinajstić information content (AvgIpc) is 2.85. The molecule has 0 aromatic carbocycles. The first-order valence-corrected chi connectivity index (χ1v) is 5.60. The number of aromatic nitrogens is 1. The van der Waals surface area contributed by atoms with Gasteiger partial charge >= 0.3 is 11.9 Å². The Labute approximate surface area is 98.5 Å². The second kappa shape index (κ2) is 4.75. The lowest BCUT2D eigenvalue weighted by Crippen LogP contribution is -2.02. The summed E-state index contributed by atoms with van der Waals surface area (Å²) in [4.78, 5) is 14.9. The Morgan fingerprint density at radius 3 is 2.94 bits per heavy atom. The lowest BCUT2D eigenvalue weighted by molar-refractivity contribution is 0.0683. The standard InChI is InChI=1S/C11H15NO5/c1-3-15-11-8(10(13)14)12-9(17-11)7-4-6(2)16-5-7/h6-7H,3-5H2,1-2H3,(H,13,14). The number of carbonyl (C=O) groups is 1. The van der Waals surface area contributed by atoms with Gasteiger partial charge in [0.25, 0.3) is 0 Å². The minimum atomic E-state index is -1.14. The smallest absolute Gasteiger partial charge is 0.362 e. The minimum absolute atomic E-state index is 0.0114. The lowest BCUT2D eigenvalue weighted by Gasteiger charge is -2.00. The Morgan fingerprint density at radius 1 is 1.65 bits per heavy atom. The summed E-state index contributed by atoms with van der Waals surface area (Å²) in [6, 6.07) is 0. The van der Waals surface area contributed by atoms with Gasteiger partial charge < -0.3 is 19.0 Å². The number of hydrogen-bond acceptors (Lipinski definition) is 5. The first kappa shape index (κ1) is 11.9. The lowest BCUT2D eigenvalue weighted by atomic mass is 10.1. The summed E-state index contributed by atoms with van der Waals surface area (Å²) in [5.74, 6) is -0.766. The Kier molecular flexibility index (Phi) is 3.33. The summed E-state index contributed by atoms with van der Waals surface area (Å²) in [5.41, 5.74) is -0.165. The number of aromatic carboxylic acids is 1. The van der Waals surface area contributed by atoms with Gasteiger partial charge in [0.15, 0.2) is 0 Å². The first-order chi connectivity index (χ1) is 8.11. The molecule has 0 spiro atoms. The third-order valence-electron chi connectivity index (χ3n) is 2.64. The monoisotopic (exact) mass is 241 g/mol. The van der Waals surface area contributed by atoms with Crippen LogP contribution in [0.2, 0.25) is 0 Å². The third-order valence-corrected chi connectivity index (χ3v) is 2.64. The maximum Gasteiger partial charge on any atom is 0.362 e. The van der Waals surface area contributed by atoms with Gasteiger partial charge in [-0.15, -0.1) is 0 Å². The molecule has 94 valence electrons. The van der Waals surface area contributed by atoms with Gasteiger partial charge in [-0.05, 0) is 20.3 Å². The molecule has 0 radical (unpaired) electrons. The number of nitrogens with zero attached hydrogens (tertiary/aromatic N) is 1. The van der Waals surface area contributed by atoms with Crippen LogP contribution in [0.1, 0.15) is 42.6 Å². The van der Waals surface area contributed by atoms with Crippen molar-refractivity contribution in [2.75, 3.05) is 13.2 Å². The van der Waals surface area contributed by atoms with Crippen LogP contribution in [0.25, 0.3) is 0 Å². The maximum atomic E-state index is 11.0. The molecule has 1 fully saturated rings. The first-order valence-electron chi connectivity index (χ1n) is 5.60. The van der Waals surface area contributed by atoms with Gasteiger partial charge in [-0.1, -0.05) is 0 Å². The van der Waals surface area contributed by atoms with Gasteiger partial charge in [0.05, 0.1) is 25.2 Å². The van der Waals surface area contributed by atoms with Gasteiger partial charge in [0.1, 0.15) is 0 Å². The van der Waals surface area contributed by atoms with E-state index in [2.05, 4.69) is 4.98 Å². The van der Waals surface area contributed by atoms with Crippen LogP contribution in [-0.2, 0) is 4.74 Å². The van der Waals surface area contributed by atoms with Gasteiger partial charge in [0.2, 0.25) is 11.6 Å². The van der Waals surface area contributed by atoms with E-state index in [0.717, 1.165) is 6.42 Å². The van der Waals surface area contributed by atoms with E-state index in [1.165, 1.54) is 0 Å². The van der Waals surface area contributed by atoms with E-state index in [1.54, 1.807) is 6.92 Å². The number of carboxylic acid groups (broad SMARTS) is 1. The minimum Gasteiger partial charge on any atom is -0.476 e. The van der Waals surface area contributed by atoms with Crippen LogP contribution in [0, 0.1) is 0 Å². The van der Waals surface area contributed by atoms with Crippen LogP contribution in [-0.4, -0.2) is 35.4 Å². The average molecular weight is 241 g/mol. The Hall–Kier alpha value is -1.56. The summed E-state index contributed by atoms with van der Waals surface area (Å²) in [6.07, 6.45) is 0.932. The molecule has 0 amide bonds. The number of ether oxygens (including phenoxy) is 2. The van der Waals surface area contributed by atoms with Crippen molar-refractivity contribution >= 4 is 5.97 Å². The summed E-state index contributed by atoms with van der Waals surface area (Å²) in [6.45, 7) is 4.57. The van der Waals surface area contributed by atoms with E-state index in [1.807, 2.05) is 6.92 Å². The predicted molar refractivity (Wildman–Crippen MR) is 57.4 cm³/mol. The summed E-state index contributed by atoms with van der Waals surface area (Å²) in [5, 5.41) is 8.97. The van der Waals surface area contributed by atoms with E-state index >= 15 is 0 Å². The molecule has 2 atom stereocenters. The summed E-state index contributed by atoms with van der Waals surface area (Å²) >= 11 is 0. The maximum absolute atomic E-state index is 11.0. The molecule has 0 saturated carbocycles. The quantitative estimate of drug-likeness (QED) is 0.863. The van der Waals surface area contributed by atoms with E-state index in [-0.39, 0.29) is 23.7 Å². The van der Waals surface area contributed by atoms with Gasteiger partial charge in [-0.2, -0.15) is 0 Å². The van der Waals surface area contributed by atoms with Crippen molar-refractivity contribution in [3.8, 4) is 5.95 Å². The SMILES string of the molecule is CCOc1oc(C2COC(C)C2)nc1C(=O)O. The molecule has 1 saturated heterocycles. The second-order valence-electron chi connectivity index (χ2n) is 4.00. The number of hydrogen-bond donors (Lipinski definition) is 1. The fraction of sp³-hybridized carbons (Fsp3) is 0.636. The highest BCUT2D eigenvalue weighted by atomic mass is 16.6. The van der Waals surface area contributed by atoms with Crippen LogP contribution in [0.4, 0.5) is 0 Å². The van der Waals surface area contributed by atoms with Crippen molar-refractivity contribution in [3.63, 3.8) is 0 Å². The summed E-state index contributed by atoms with van der Waals surface area (Å²) in [7, 11) is 0. The number of oxazole rings is 1. The summed E-state index contributed by atoms with van der Waals surface area (Å²) < 4.78 is 15.9. The highest BCUT2D eigenvalue weighted by molar-refractivity contribution is 5.87. The van der Waals surface area contributed by atoms with Gasteiger partial charge in [-0.3, -0.25) is 0 Å². The van der Waals surface area contributed by atoms with Gasteiger partial charge in [-0.25, -0.2) is 9.78 Å². The normalized spacial score (nSPS) is 23.9. The Bertz CT molecular complexity index is 414. The zero-order chi connectivity index (χ0) is 12.4. The van der Waals surface area contributed by atoms with Crippen LogP contribution >= 0.6 is 0 Å². The third kappa shape index (κ3) is 2.41. The van der Waals surface area contributed by atoms with E-state index < -0.39 is 5.97 Å². The molecule has 1 aromatic heterocycles. The molecule has 2 rings (SSSR count). The molecule has 6 heteroatoms. The van der Waals surface area contributed by atoms with Gasteiger partial charge in [0, 0.05) is 0 Å². The van der Waals surface area contributed by atoms with E-state index in [9.17, 15) is 4.79 Å². The van der Waals surface area contributed by atoms with Crippen LogP contribution in [0.3, 0.4) is 0 Å². The topological polar surface area (TPSA) is 81.8 Å². The molecule has 1 aromatic rings. The fourth-order valence-corrected chi connectivity index (χ4v) is 1.85. The van der Waals surface area contributed by atoms with E-state index in [4.69, 9.17) is 19.0 Å². The highest BCUT2D eigenvalue weighted by Gasteiger charge is 2.31. The van der Waals surface area contributed by atoms with Crippen molar-refractivity contribution < 1.29 is 23.8 Å². The largest absolute Gasteiger partial charge is 0.476 e. The molecule has 17 heavy (non-hydrogen) atoms. The zero-order valence-corrected chi connectivity index (χ0v) is 9.80. The van der Waals surface area contributed by atoms with Crippen molar-refractivity contribution in [3.05, 3.63) is 11.6 Å². The van der Waals surface area contributed by atoms with Crippen LogP contribution in [0.5, 0.6) is 5.95 Å². The molecule has 1 N–H and O–H groups in total. The zero-order valence-electron chi connectivity index (χ0n) is 9.80. The number of carboxylic acids is 1. The Balaban J connectivity index is 2.23. The molecule has 1 aliphatic rings. The molecule has 0 aliphatic carbocycles. The molecule has 1 aliphatic heterocycles. The van der Waals surface area contributed by atoms with Crippen molar-refractivity contribution in [2.24, 2.45) is 0 Å². The van der Waals surface area contributed by atoms with Crippen LogP contribution < -0.4 is 4.74 Å². The molecule has 2 unspecified atom stereocenters. The van der Waals surface area contributed by atoms with Crippen molar-refractivity contribution in [1.29, 1.82) is 0 Å². The van der Waals surface area contributed by atoms with Crippen molar-refractivity contribution in [1.82, 2.24) is 4.98 Å². The molecule has 6 nitrogen and oxygen atoms in total. The Morgan fingerprint density at radius 2 is 2.41 bits per heavy atom.